The van der Waals surface area contributed by atoms with Crippen molar-refractivity contribution in [3.05, 3.63) is 98.4 Å². The van der Waals surface area contributed by atoms with E-state index in [9.17, 15) is 19.7 Å². The van der Waals surface area contributed by atoms with E-state index in [0.29, 0.717) is 31.8 Å². The first-order chi connectivity index (χ1) is 16.8. The smallest absolute Gasteiger partial charge is 0.343 e. The van der Waals surface area contributed by atoms with E-state index in [-0.39, 0.29) is 17.3 Å². The highest BCUT2D eigenvalue weighted by atomic mass is 32.2. The van der Waals surface area contributed by atoms with Crippen LogP contribution in [0.3, 0.4) is 0 Å². The molecule has 0 aliphatic carbocycles. The summed E-state index contributed by atoms with van der Waals surface area (Å²) in [6, 6.07) is 17.5. The van der Waals surface area contributed by atoms with Gasteiger partial charge in [-0.3, -0.25) is 19.8 Å². The molecule has 4 rings (SSSR count). The van der Waals surface area contributed by atoms with Crippen LogP contribution in [0.4, 0.5) is 11.4 Å². The molecule has 35 heavy (non-hydrogen) atoms. The summed E-state index contributed by atoms with van der Waals surface area (Å²) in [5.41, 5.74) is 2.45. The highest BCUT2D eigenvalue weighted by Gasteiger charge is 2.33. The van der Waals surface area contributed by atoms with Crippen LogP contribution in [-0.4, -0.2) is 28.2 Å². The number of thioether (sulfide) groups is 1. The molecule has 1 aliphatic rings. The van der Waals surface area contributed by atoms with Crippen LogP contribution in [0.15, 0.2) is 71.6 Å². The van der Waals surface area contributed by atoms with Crippen molar-refractivity contribution in [2.24, 2.45) is 0 Å². The number of nitrogens with zero attached hydrogens (tertiary/aromatic N) is 2. The van der Waals surface area contributed by atoms with E-state index in [0.717, 1.165) is 17.3 Å². The van der Waals surface area contributed by atoms with E-state index in [2.05, 4.69) is 0 Å². The molecule has 1 saturated heterocycles. The highest BCUT2D eigenvalue weighted by molar-refractivity contribution is 8.27. The van der Waals surface area contributed by atoms with Gasteiger partial charge in [-0.05, 0) is 55.0 Å². The van der Waals surface area contributed by atoms with Crippen LogP contribution in [-0.2, 0) is 4.79 Å². The number of nitro benzene ring substituents is 1. The van der Waals surface area contributed by atoms with E-state index in [4.69, 9.17) is 21.7 Å². The van der Waals surface area contributed by atoms with Crippen LogP contribution < -0.4 is 14.4 Å². The summed E-state index contributed by atoms with van der Waals surface area (Å²) in [6.45, 7) is 1.93. The molecule has 1 aliphatic heterocycles. The average Bonchev–Trinajstić information content (AvgIpc) is 3.12. The minimum atomic E-state index is -0.514. The molecule has 3 aromatic rings. The minimum Gasteiger partial charge on any atom is -0.493 e. The van der Waals surface area contributed by atoms with Crippen molar-refractivity contribution in [3.63, 3.8) is 0 Å². The normalized spacial score (nSPS) is 14.3. The summed E-state index contributed by atoms with van der Waals surface area (Å²) < 4.78 is 11.2. The summed E-state index contributed by atoms with van der Waals surface area (Å²) in [5, 5.41) is 10.9. The maximum atomic E-state index is 13.0. The number of carbonyl (C=O) groups excluding carboxylic acids is 2. The first-order valence-corrected chi connectivity index (χ1v) is 11.5. The largest absolute Gasteiger partial charge is 0.493 e. The zero-order valence-electron chi connectivity index (χ0n) is 18.6. The number of esters is 1. The number of ether oxygens (including phenoxy) is 2. The van der Waals surface area contributed by atoms with Crippen molar-refractivity contribution in [1.82, 2.24) is 0 Å². The number of benzene rings is 3. The van der Waals surface area contributed by atoms with Gasteiger partial charge in [0.1, 0.15) is 0 Å². The number of anilines is 1. The average molecular weight is 507 g/mol. The summed E-state index contributed by atoms with van der Waals surface area (Å²) >= 11 is 6.48. The Morgan fingerprint density at radius 2 is 1.74 bits per heavy atom. The van der Waals surface area contributed by atoms with Crippen molar-refractivity contribution in [1.29, 1.82) is 0 Å². The zero-order valence-corrected chi connectivity index (χ0v) is 20.2. The quantitative estimate of drug-likeness (QED) is 0.107. The lowest BCUT2D eigenvalue weighted by molar-refractivity contribution is -0.384. The van der Waals surface area contributed by atoms with Crippen LogP contribution in [0.25, 0.3) is 6.08 Å². The van der Waals surface area contributed by atoms with Gasteiger partial charge in [0.05, 0.1) is 28.2 Å². The lowest BCUT2D eigenvalue weighted by atomic mass is 10.1. The Morgan fingerprint density at radius 1 is 1.06 bits per heavy atom. The molecule has 0 N–H and O–H groups in total. The lowest BCUT2D eigenvalue weighted by Crippen LogP contribution is -2.27. The van der Waals surface area contributed by atoms with Gasteiger partial charge in [0.15, 0.2) is 15.8 Å². The zero-order chi connectivity index (χ0) is 25.1. The summed E-state index contributed by atoms with van der Waals surface area (Å²) in [5.74, 6) is -0.290. The number of amides is 1. The van der Waals surface area contributed by atoms with Crippen molar-refractivity contribution in [2.75, 3.05) is 12.0 Å². The van der Waals surface area contributed by atoms with Gasteiger partial charge in [0, 0.05) is 12.1 Å². The molecule has 0 aromatic heterocycles. The van der Waals surface area contributed by atoms with Gasteiger partial charge in [-0.15, -0.1) is 0 Å². The van der Waals surface area contributed by atoms with Crippen molar-refractivity contribution in [2.45, 2.75) is 6.92 Å². The molecule has 0 unspecified atom stereocenters. The fraction of sp³-hybridized carbons (Fsp3) is 0.0800. The van der Waals surface area contributed by atoms with Crippen molar-refractivity contribution >= 4 is 57.6 Å². The number of non-ortho nitro benzene ring substituents is 1. The summed E-state index contributed by atoms with van der Waals surface area (Å²) in [6.07, 6.45) is 1.65. The van der Waals surface area contributed by atoms with E-state index in [1.165, 1.54) is 36.3 Å². The van der Waals surface area contributed by atoms with Crippen molar-refractivity contribution in [3.8, 4) is 11.5 Å². The molecule has 0 radical (unpaired) electrons. The van der Waals surface area contributed by atoms with E-state index in [1.807, 2.05) is 19.1 Å². The van der Waals surface area contributed by atoms with E-state index < -0.39 is 10.9 Å². The molecule has 0 bridgehead atoms. The van der Waals surface area contributed by atoms with Gasteiger partial charge in [0.2, 0.25) is 0 Å². The Labute approximate surface area is 210 Å². The third-order valence-electron chi connectivity index (χ3n) is 5.09. The molecular formula is C25H18N2O6S2. The molecule has 10 heteroatoms. The molecule has 1 heterocycles. The molecule has 176 valence electrons. The number of thiocarbonyl (C=S) groups is 1. The van der Waals surface area contributed by atoms with Gasteiger partial charge in [0.25, 0.3) is 11.6 Å². The van der Waals surface area contributed by atoms with E-state index >= 15 is 0 Å². The number of aryl methyl sites for hydroxylation is 1. The first kappa shape index (κ1) is 24.1. The standard InChI is InChI=1S/C25H18N2O6S2/c1-15-3-6-17(7-4-15)24(29)33-20-12-5-16(13-21(20)32-2)14-22-23(28)26(25(34)35-22)18-8-10-19(11-9-18)27(30)31/h3-14H,1-2H3/b22-14+. The Kier molecular flexibility index (Phi) is 6.94. The second-order valence-corrected chi connectivity index (χ2v) is 9.13. The van der Waals surface area contributed by atoms with Gasteiger partial charge < -0.3 is 9.47 Å². The molecular weight excluding hydrogens is 488 g/mol. The highest BCUT2D eigenvalue weighted by Crippen LogP contribution is 2.37. The monoisotopic (exact) mass is 506 g/mol. The topological polar surface area (TPSA) is 99.0 Å². The van der Waals surface area contributed by atoms with Crippen molar-refractivity contribution < 1.29 is 24.0 Å². The Morgan fingerprint density at radius 3 is 2.37 bits per heavy atom. The van der Waals surface area contributed by atoms with Gasteiger partial charge in [-0.2, -0.15) is 0 Å². The second kappa shape index (κ2) is 10.1. The predicted molar refractivity (Wildman–Crippen MR) is 138 cm³/mol. The number of hydrogen-bond donors (Lipinski definition) is 0. The molecule has 0 atom stereocenters. The minimum absolute atomic E-state index is 0.0787. The third kappa shape index (κ3) is 5.23. The van der Waals surface area contributed by atoms with Gasteiger partial charge >= 0.3 is 5.97 Å². The fourth-order valence-corrected chi connectivity index (χ4v) is 4.57. The summed E-state index contributed by atoms with van der Waals surface area (Å²) in [4.78, 5) is 37.5. The second-order valence-electron chi connectivity index (χ2n) is 7.46. The van der Waals surface area contributed by atoms with Gasteiger partial charge in [-0.25, -0.2) is 4.79 Å². The maximum absolute atomic E-state index is 13.0. The maximum Gasteiger partial charge on any atom is 0.343 e. The third-order valence-corrected chi connectivity index (χ3v) is 6.39. The van der Waals surface area contributed by atoms with Crippen LogP contribution >= 0.6 is 24.0 Å². The molecule has 3 aromatic carbocycles. The first-order valence-electron chi connectivity index (χ1n) is 10.3. The molecule has 1 fully saturated rings. The molecule has 0 spiro atoms. The summed E-state index contributed by atoms with van der Waals surface area (Å²) in [7, 11) is 1.45. The molecule has 0 saturated carbocycles. The molecule has 1 amide bonds. The van der Waals surface area contributed by atoms with Crippen LogP contribution in [0.5, 0.6) is 11.5 Å². The Balaban J connectivity index is 1.54. The SMILES string of the molecule is COc1cc(/C=C2/SC(=S)N(c3ccc([N+](=O)[O-])cc3)C2=O)ccc1OC(=O)c1ccc(C)cc1. The number of rotatable bonds is 6. The number of nitro groups is 1. The lowest BCUT2D eigenvalue weighted by Gasteiger charge is -2.14. The van der Waals surface area contributed by atoms with E-state index in [1.54, 1.807) is 36.4 Å². The van der Waals surface area contributed by atoms with Crippen LogP contribution in [0.2, 0.25) is 0 Å². The fourth-order valence-electron chi connectivity index (χ4n) is 3.27. The van der Waals surface area contributed by atoms with Crippen LogP contribution in [0, 0.1) is 17.0 Å². The Bertz CT molecular complexity index is 1370. The predicted octanol–water partition coefficient (Wildman–Crippen LogP) is 5.54. The number of methoxy groups -OCH3 is 1. The number of hydrogen-bond acceptors (Lipinski definition) is 8. The molecule has 8 nitrogen and oxygen atoms in total. The Hall–Kier alpha value is -4.02. The van der Waals surface area contributed by atoms with Gasteiger partial charge in [-0.1, -0.05) is 47.7 Å². The van der Waals surface area contributed by atoms with Crippen LogP contribution in [0.1, 0.15) is 21.5 Å². The number of carbonyl (C=O) groups is 2.